The van der Waals surface area contributed by atoms with E-state index in [1.165, 1.54) is 6.07 Å². The van der Waals surface area contributed by atoms with E-state index in [0.717, 1.165) is 18.5 Å². The van der Waals surface area contributed by atoms with Crippen molar-refractivity contribution in [2.45, 2.75) is 32.1 Å². The molecule has 100 valence electrons. The molecule has 1 fully saturated rings. The van der Waals surface area contributed by atoms with Crippen molar-refractivity contribution in [1.29, 1.82) is 0 Å². The van der Waals surface area contributed by atoms with Gasteiger partial charge >= 0.3 is 0 Å². The molecule has 4 heteroatoms. The van der Waals surface area contributed by atoms with E-state index in [2.05, 4.69) is 12.2 Å². The number of ether oxygens (including phenoxy) is 2. The molecule has 0 aromatic heterocycles. The third-order valence-electron chi connectivity index (χ3n) is 3.01. The van der Waals surface area contributed by atoms with E-state index in [9.17, 15) is 4.39 Å². The van der Waals surface area contributed by atoms with E-state index in [-0.39, 0.29) is 18.1 Å². The molecule has 0 bridgehead atoms. The smallest absolute Gasteiger partial charge is 0.159 e. The minimum atomic E-state index is -0.205. The molecule has 0 radical (unpaired) electrons. The van der Waals surface area contributed by atoms with Crippen molar-refractivity contribution in [3.05, 3.63) is 35.6 Å². The molecule has 1 heterocycles. The highest BCUT2D eigenvalue weighted by atomic mass is 19.1. The summed E-state index contributed by atoms with van der Waals surface area (Å²) in [6.07, 6.45) is 1.57. The van der Waals surface area contributed by atoms with Gasteiger partial charge in [0.25, 0.3) is 0 Å². The summed E-state index contributed by atoms with van der Waals surface area (Å²) in [5.41, 5.74) is 0.947. The monoisotopic (exact) mass is 253 g/mol. The van der Waals surface area contributed by atoms with Gasteiger partial charge in [-0.05, 0) is 30.7 Å². The van der Waals surface area contributed by atoms with Crippen molar-refractivity contribution in [3.63, 3.8) is 0 Å². The first kappa shape index (κ1) is 13.5. The lowest BCUT2D eigenvalue weighted by Crippen LogP contribution is -2.26. The molecule has 0 amide bonds. The van der Waals surface area contributed by atoms with Crippen molar-refractivity contribution < 1.29 is 13.9 Å². The zero-order valence-electron chi connectivity index (χ0n) is 10.7. The molecule has 18 heavy (non-hydrogen) atoms. The molecule has 1 N–H and O–H groups in total. The number of rotatable bonds is 6. The Bertz CT molecular complexity index is 367. The number of nitrogens with one attached hydrogen (secondary N) is 1. The standard InChI is InChI=1S/C14H20FNO2/c1-2-6-16-13(10-14-17-7-8-18-14)11-4-3-5-12(15)9-11/h3-5,9,13-14,16H,2,6-8,10H2,1H3. The third-order valence-corrected chi connectivity index (χ3v) is 3.01. The van der Waals surface area contributed by atoms with Crippen molar-refractivity contribution in [3.8, 4) is 0 Å². The fourth-order valence-electron chi connectivity index (χ4n) is 2.11. The average Bonchev–Trinajstić information content (AvgIpc) is 2.87. The lowest BCUT2D eigenvalue weighted by molar-refractivity contribution is -0.0530. The predicted molar refractivity (Wildman–Crippen MR) is 67.7 cm³/mol. The van der Waals surface area contributed by atoms with Crippen LogP contribution in [0.2, 0.25) is 0 Å². The maximum absolute atomic E-state index is 13.3. The van der Waals surface area contributed by atoms with Crippen molar-refractivity contribution in [2.24, 2.45) is 0 Å². The van der Waals surface area contributed by atoms with Crippen molar-refractivity contribution >= 4 is 0 Å². The van der Waals surface area contributed by atoms with Crippen LogP contribution in [0.25, 0.3) is 0 Å². The zero-order valence-corrected chi connectivity index (χ0v) is 10.7. The summed E-state index contributed by atoms with van der Waals surface area (Å²) in [4.78, 5) is 0. The first-order valence-corrected chi connectivity index (χ1v) is 6.51. The van der Waals surface area contributed by atoms with Gasteiger partial charge in [-0.1, -0.05) is 19.1 Å². The van der Waals surface area contributed by atoms with E-state index in [1.54, 1.807) is 12.1 Å². The predicted octanol–water partition coefficient (Wildman–Crippen LogP) is 2.63. The Morgan fingerprint density at radius 3 is 2.83 bits per heavy atom. The summed E-state index contributed by atoms with van der Waals surface area (Å²) in [5.74, 6) is -0.205. The van der Waals surface area contributed by atoms with Gasteiger partial charge in [0.05, 0.1) is 13.2 Å². The molecule has 1 aliphatic heterocycles. The summed E-state index contributed by atoms with van der Waals surface area (Å²) in [5, 5.41) is 3.41. The van der Waals surface area contributed by atoms with Crippen LogP contribution in [0.1, 0.15) is 31.4 Å². The minimum absolute atomic E-state index is 0.0729. The Labute approximate surface area is 107 Å². The van der Waals surface area contributed by atoms with E-state index in [4.69, 9.17) is 9.47 Å². The SMILES string of the molecule is CCCNC(CC1OCCO1)c1cccc(F)c1. The van der Waals surface area contributed by atoms with Gasteiger partial charge in [-0.25, -0.2) is 4.39 Å². The number of hydrogen-bond donors (Lipinski definition) is 1. The molecule has 1 aromatic rings. The topological polar surface area (TPSA) is 30.5 Å². The number of halogens is 1. The van der Waals surface area contributed by atoms with Crippen LogP contribution in [0.5, 0.6) is 0 Å². The Morgan fingerprint density at radius 1 is 1.39 bits per heavy atom. The fraction of sp³-hybridized carbons (Fsp3) is 0.571. The Balaban J connectivity index is 2.03. The van der Waals surface area contributed by atoms with Crippen LogP contribution in [0.15, 0.2) is 24.3 Å². The average molecular weight is 253 g/mol. The highest BCUT2D eigenvalue weighted by molar-refractivity contribution is 5.20. The minimum Gasteiger partial charge on any atom is -0.350 e. The van der Waals surface area contributed by atoms with E-state index >= 15 is 0 Å². The summed E-state index contributed by atoms with van der Waals surface area (Å²) in [7, 11) is 0. The maximum Gasteiger partial charge on any atom is 0.159 e. The van der Waals surface area contributed by atoms with Gasteiger partial charge in [-0.15, -0.1) is 0 Å². The van der Waals surface area contributed by atoms with Crippen molar-refractivity contribution in [2.75, 3.05) is 19.8 Å². The van der Waals surface area contributed by atoms with Gasteiger partial charge in [0, 0.05) is 12.5 Å². The van der Waals surface area contributed by atoms with E-state index in [1.807, 2.05) is 6.07 Å². The maximum atomic E-state index is 13.3. The molecule has 0 spiro atoms. The molecular weight excluding hydrogens is 233 g/mol. The van der Waals surface area contributed by atoms with Gasteiger partial charge in [0.15, 0.2) is 6.29 Å². The molecule has 3 nitrogen and oxygen atoms in total. The van der Waals surface area contributed by atoms with Gasteiger partial charge in [0.2, 0.25) is 0 Å². The van der Waals surface area contributed by atoms with E-state index < -0.39 is 0 Å². The molecule has 1 saturated heterocycles. The van der Waals surface area contributed by atoms with Crippen LogP contribution in [0.3, 0.4) is 0 Å². The van der Waals surface area contributed by atoms with E-state index in [0.29, 0.717) is 19.6 Å². The molecule has 1 unspecified atom stereocenters. The number of hydrogen-bond acceptors (Lipinski definition) is 3. The van der Waals surface area contributed by atoms with Gasteiger partial charge in [-0.2, -0.15) is 0 Å². The van der Waals surface area contributed by atoms with Crippen molar-refractivity contribution in [1.82, 2.24) is 5.32 Å². The second-order valence-electron chi connectivity index (χ2n) is 4.47. The normalized spacial score (nSPS) is 18.1. The summed E-state index contributed by atoms with van der Waals surface area (Å²) in [6.45, 7) is 4.30. The van der Waals surface area contributed by atoms with Crippen LogP contribution in [0.4, 0.5) is 4.39 Å². The first-order chi connectivity index (χ1) is 8.79. The molecule has 1 aliphatic rings. The molecule has 2 rings (SSSR count). The molecule has 1 aromatic carbocycles. The first-order valence-electron chi connectivity index (χ1n) is 6.51. The third kappa shape index (κ3) is 3.77. The van der Waals surface area contributed by atoms with Gasteiger partial charge < -0.3 is 14.8 Å². The lowest BCUT2D eigenvalue weighted by atomic mass is 10.0. The van der Waals surface area contributed by atoms with Crippen LogP contribution in [-0.4, -0.2) is 26.0 Å². The van der Waals surface area contributed by atoms with Gasteiger partial charge in [0.1, 0.15) is 5.82 Å². The highest BCUT2D eigenvalue weighted by Crippen LogP contribution is 2.23. The van der Waals surface area contributed by atoms with Crippen LogP contribution < -0.4 is 5.32 Å². The summed E-state index contributed by atoms with van der Waals surface area (Å²) >= 11 is 0. The molecule has 1 atom stereocenters. The molecule has 0 aliphatic carbocycles. The summed E-state index contributed by atoms with van der Waals surface area (Å²) < 4.78 is 24.2. The number of benzene rings is 1. The lowest BCUT2D eigenvalue weighted by Gasteiger charge is -2.21. The molecule has 0 saturated carbocycles. The highest BCUT2D eigenvalue weighted by Gasteiger charge is 2.22. The largest absolute Gasteiger partial charge is 0.350 e. The quantitative estimate of drug-likeness (QED) is 0.845. The zero-order chi connectivity index (χ0) is 12.8. The second-order valence-corrected chi connectivity index (χ2v) is 4.47. The van der Waals surface area contributed by atoms with Crippen LogP contribution in [-0.2, 0) is 9.47 Å². The summed E-state index contributed by atoms with van der Waals surface area (Å²) in [6, 6.07) is 6.78. The second kappa shape index (κ2) is 6.83. The van der Waals surface area contributed by atoms with Crippen LogP contribution in [0, 0.1) is 5.82 Å². The Hall–Kier alpha value is -0.970. The Kier molecular flexibility index (Phi) is 5.11. The molecular formula is C14H20FNO2. The van der Waals surface area contributed by atoms with Gasteiger partial charge in [-0.3, -0.25) is 0 Å². The fourth-order valence-corrected chi connectivity index (χ4v) is 2.11. The Morgan fingerprint density at radius 2 is 2.17 bits per heavy atom. The van der Waals surface area contributed by atoms with Crippen LogP contribution >= 0.6 is 0 Å².